The Kier molecular flexibility index (Phi) is 5.02. The maximum Gasteiger partial charge on any atom is 0.300 e. The maximum atomic E-state index is 13.1. The highest BCUT2D eigenvalue weighted by atomic mass is 16.5. The summed E-state index contributed by atoms with van der Waals surface area (Å²) in [5, 5.41) is 11.0. The molecule has 5 rings (SSSR count). The van der Waals surface area contributed by atoms with Gasteiger partial charge in [0.25, 0.3) is 18.0 Å². The molecule has 0 saturated carbocycles. The van der Waals surface area contributed by atoms with Crippen molar-refractivity contribution >= 4 is 23.1 Å². The monoisotopic (exact) mass is 442 g/mol. The Morgan fingerprint density at radius 2 is 2.03 bits per heavy atom. The number of amides is 1. The number of nitrogens with zero attached hydrogens (tertiary/aromatic N) is 5. The Balaban J connectivity index is 1.42. The van der Waals surface area contributed by atoms with Crippen molar-refractivity contribution in [3.63, 3.8) is 0 Å². The van der Waals surface area contributed by atoms with E-state index >= 15 is 0 Å². The van der Waals surface area contributed by atoms with Crippen molar-refractivity contribution in [2.24, 2.45) is 15.8 Å². The van der Waals surface area contributed by atoms with Crippen LogP contribution in [0.3, 0.4) is 0 Å². The van der Waals surface area contributed by atoms with Gasteiger partial charge in [0.05, 0.1) is 12.8 Å². The number of aryl methyl sites for hydroxylation is 1. The van der Waals surface area contributed by atoms with Gasteiger partial charge < -0.3 is 20.3 Å². The number of ether oxygens (including phenoxy) is 1. The van der Waals surface area contributed by atoms with Gasteiger partial charge in [-0.2, -0.15) is 4.99 Å². The number of hydrogen-bond donors (Lipinski definition) is 2. The fourth-order valence-corrected chi connectivity index (χ4v) is 3.65. The zero-order valence-corrected chi connectivity index (χ0v) is 17.9. The number of aliphatic imine (C=N–C) groups is 1. The van der Waals surface area contributed by atoms with Crippen molar-refractivity contribution in [1.82, 2.24) is 10.1 Å². The standard InChI is InChI=1S/C23H19N7O3/c1-13-19(20(29-33-13)14-6-4-3-5-7-14)21(31)25-17-9-8-16(26-22(17)32-2)15-10-11-30-18(12-15)27-23(24)28-30/h3-12,18H,1-2H3,(H2-,24,25,27,31)/p+1. The second-order valence-corrected chi connectivity index (χ2v) is 7.35. The Bertz CT molecular complexity index is 1370. The lowest BCUT2D eigenvalue weighted by Gasteiger charge is -2.12. The molecule has 0 aliphatic carbocycles. The molecule has 1 aromatic carbocycles. The number of fused-ring (bicyclic) bond motifs is 1. The third kappa shape index (κ3) is 3.78. The molecule has 0 saturated heterocycles. The SMILES string of the molecule is COc1nc(C2=CC3N=C(N)N=[N+]3C=C2)ccc1NC(=O)c1c(-c2ccccc2)noc1C. The summed E-state index contributed by atoms with van der Waals surface area (Å²) in [5.74, 6) is 0.542. The first-order valence-corrected chi connectivity index (χ1v) is 10.1. The molecule has 0 spiro atoms. The van der Waals surface area contributed by atoms with Crippen LogP contribution in [0.5, 0.6) is 5.88 Å². The van der Waals surface area contributed by atoms with E-state index in [2.05, 4.69) is 25.6 Å². The second-order valence-electron chi connectivity index (χ2n) is 7.35. The lowest BCUT2D eigenvalue weighted by Crippen LogP contribution is -2.16. The van der Waals surface area contributed by atoms with Gasteiger partial charge >= 0.3 is 0 Å². The van der Waals surface area contributed by atoms with Gasteiger partial charge in [-0.1, -0.05) is 40.2 Å². The number of methoxy groups -OCH3 is 1. The van der Waals surface area contributed by atoms with Crippen LogP contribution in [0.1, 0.15) is 21.8 Å². The van der Waals surface area contributed by atoms with E-state index < -0.39 is 0 Å². The van der Waals surface area contributed by atoms with Crippen molar-refractivity contribution in [2.75, 3.05) is 12.4 Å². The number of hydrogen-bond acceptors (Lipinski definition) is 8. The van der Waals surface area contributed by atoms with E-state index in [9.17, 15) is 4.79 Å². The molecule has 1 unspecified atom stereocenters. The van der Waals surface area contributed by atoms with E-state index in [-0.39, 0.29) is 23.9 Å². The minimum Gasteiger partial charge on any atom is -0.479 e. The number of guanidine groups is 1. The molecular weight excluding hydrogens is 422 g/mol. The zero-order valence-electron chi connectivity index (χ0n) is 17.9. The molecule has 164 valence electrons. The number of nitrogens with one attached hydrogen (secondary N) is 1. The summed E-state index contributed by atoms with van der Waals surface area (Å²) in [6, 6.07) is 12.9. The van der Waals surface area contributed by atoms with Crippen molar-refractivity contribution in [3.05, 3.63) is 77.8 Å². The lowest BCUT2D eigenvalue weighted by molar-refractivity contribution is -0.541. The molecule has 0 radical (unpaired) electrons. The molecule has 1 atom stereocenters. The number of anilines is 1. The largest absolute Gasteiger partial charge is 0.479 e. The molecule has 10 nitrogen and oxygen atoms in total. The fourth-order valence-electron chi connectivity index (χ4n) is 3.65. The minimum atomic E-state index is -0.370. The normalized spacial score (nSPS) is 16.5. The molecule has 10 heteroatoms. The number of pyridine rings is 1. The van der Waals surface area contributed by atoms with Crippen LogP contribution < -0.4 is 15.8 Å². The molecule has 33 heavy (non-hydrogen) atoms. The van der Waals surface area contributed by atoms with Crippen LogP contribution in [-0.2, 0) is 0 Å². The van der Waals surface area contributed by atoms with Crippen molar-refractivity contribution < 1.29 is 18.8 Å². The van der Waals surface area contributed by atoms with E-state index in [1.165, 1.54) is 7.11 Å². The predicted octanol–water partition coefficient (Wildman–Crippen LogP) is 3.34. The van der Waals surface area contributed by atoms with Gasteiger partial charge in [0.1, 0.15) is 22.7 Å². The summed E-state index contributed by atoms with van der Waals surface area (Å²) < 4.78 is 12.4. The number of allylic oxidation sites excluding steroid dienone is 2. The van der Waals surface area contributed by atoms with Crippen LogP contribution in [0.15, 0.2) is 75.4 Å². The smallest absolute Gasteiger partial charge is 0.300 e. The molecule has 3 N–H and O–H groups in total. The van der Waals surface area contributed by atoms with Crippen LogP contribution in [0.25, 0.3) is 16.8 Å². The zero-order chi connectivity index (χ0) is 22.9. The molecule has 2 aliphatic rings. The average Bonchev–Trinajstić information content (AvgIpc) is 3.40. The molecule has 2 aromatic heterocycles. The number of azo groups is 2. The van der Waals surface area contributed by atoms with Gasteiger partial charge in [-0.3, -0.25) is 4.79 Å². The first kappa shape index (κ1) is 20.3. The van der Waals surface area contributed by atoms with Gasteiger partial charge in [-0.05, 0) is 19.1 Å². The summed E-state index contributed by atoms with van der Waals surface area (Å²) >= 11 is 0. The molecule has 4 heterocycles. The quantitative estimate of drug-likeness (QED) is 0.583. The van der Waals surface area contributed by atoms with E-state index in [4.69, 9.17) is 15.0 Å². The second kappa shape index (κ2) is 8.15. The topological polar surface area (TPSA) is 131 Å². The molecule has 2 aliphatic heterocycles. The summed E-state index contributed by atoms with van der Waals surface area (Å²) in [6.07, 6.45) is 5.24. The number of carbonyl (C=O) groups excluding carboxylic acids is 1. The van der Waals surface area contributed by atoms with Gasteiger partial charge in [0.15, 0.2) is 6.20 Å². The van der Waals surface area contributed by atoms with Gasteiger partial charge in [0, 0.05) is 28.4 Å². The third-order valence-electron chi connectivity index (χ3n) is 5.22. The molecule has 0 fully saturated rings. The van der Waals surface area contributed by atoms with E-state index in [1.54, 1.807) is 30.0 Å². The highest BCUT2D eigenvalue weighted by molar-refractivity contribution is 6.09. The number of carbonyl (C=O) groups is 1. The van der Waals surface area contributed by atoms with Gasteiger partial charge in [0.2, 0.25) is 5.88 Å². The predicted molar refractivity (Wildman–Crippen MR) is 121 cm³/mol. The lowest BCUT2D eigenvalue weighted by atomic mass is 10.1. The van der Waals surface area contributed by atoms with Crippen LogP contribution in [0, 0.1) is 6.92 Å². The van der Waals surface area contributed by atoms with Crippen LogP contribution in [0.4, 0.5) is 5.69 Å². The first-order chi connectivity index (χ1) is 16.0. The van der Waals surface area contributed by atoms with Crippen molar-refractivity contribution in [3.8, 4) is 17.1 Å². The number of rotatable bonds is 5. The maximum absolute atomic E-state index is 13.1. The number of nitrogens with two attached hydrogens (primary N) is 1. The Labute approximate surface area is 188 Å². The Morgan fingerprint density at radius 1 is 1.21 bits per heavy atom. The highest BCUT2D eigenvalue weighted by Gasteiger charge is 2.29. The number of benzene rings is 1. The van der Waals surface area contributed by atoms with Crippen molar-refractivity contribution in [2.45, 2.75) is 13.1 Å². The number of aromatic nitrogens is 2. The van der Waals surface area contributed by atoms with Crippen molar-refractivity contribution in [1.29, 1.82) is 0 Å². The molecule has 1 amide bonds. The fraction of sp³-hybridized carbons (Fsp3) is 0.130. The molecule has 0 bridgehead atoms. The Morgan fingerprint density at radius 3 is 2.82 bits per heavy atom. The van der Waals surface area contributed by atoms with E-state index in [1.807, 2.05) is 42.5 Å². The van der Waals surface area contributed by atoms with Gasteiger partial charge in [-0.15, -0.1) is 0 Å². The van der Waals surface area contributed by atoms with Gasteiger partial charge in [-0.25, -0.2) is 4.98 Å². The third-order valence-corrected chi connectivity index (χ3v) is 5.22. The summed E-state index contributed by atoms with van der Waals surface area (Å²) in [7, 11) is 1.50. The van der Waals surface area contributed by atoms with Crippen LogP contribution >= 0.6 is 0 Å². The Hall–Kier alpha value is -4.60. The first-order valence-electron chi connectivity index (χ1n) is 10.1. The highest BCUT2D eigenvalue weighted by Crippen LogP contribution is 2.30. The molecule has 3 aromatic rings. The molecular formula is C23H20N7O3+. The summed E-state index contributed by atoms with van der Waals surface area (Å²) in [4.78, 5) is 22.0. The van der Waals surface area contributed by atoms with Crippen LogP contribution in [0.2, 0.25) is 0 Å². The summed E-state index contributed by atoms with van der Waals surface area (Å²) in [5.41, 5.74) is 9.21. The van der Waals surface area contributed by atoms with E-state index in [0.29, 0.717) is 28.4 Å². The van der Waals surface area contributed by atoms with Crippen LogP contribution in [-0.4, -0.2) is 40.0 Å². The minimum absolute atomic E-state index is 0.227. The average molecular weight is 442 g/mol. The summed E-state index contributed by atoms with van der Waals surface area (Å²) in [6.45, 7) is 1.70. The van der Waals surface area contributed by atoms with E-state index in [0.717, 1.165) is 11.1 Å².